The number of thiophene rings is 1. The van der Waals surface area contributed by atoms with Crippen LogP contribution in [0.1, 0.15) is 23.4 Å². The third-order valence-electron chi connectivity index (χ3n) is 4.78. The number of fused-ring (bicyclic) bond motifs is 2. The van der Waals surface area contributed by atoms with Crippen LogP contribution in [0.5, 0.6) is 0 Å². The fourth-order valence-electron chi connectivity index (χ4n) is 3.39. The van der Waals surface area contributed by atoms with Gasteiger partial charge < -0.3 is 5.32 Å². The van der Waals surface area contributed by atoms with Gasteiger partial charge in [-0.05, 0) is 37.3 Å². The molecule has 0 radical (unpaired) electrons. The minimum atomic E-state index is -0.0497. The molecule has 0 bridgehead atoms. The van der Waals surface area contributed by atoms with Gasteiger partial charge in [0.15, 0.2) is 5.13 Å². The molecule has 8 heteroatoms. The average molecular weight is 439 g/mol. The first-order valence-corrected chi connectivity index (χ1v) is 12.1. The molecule has 1 N–H and O–H groups in total. The number of hydrogen-bond acceptors (Lipinski definition) is 7. The molecule has 1 aliphatic carbocycles. The Bertz CT molecular complexity index is 1150. The molecular formula is C21H18N4OS3. The molecule has 0 unspecified atom stereocenters. The Hall–Kier alpha value is -2.29. The Morgan fingerprint density at radius 3 is 2.83 bits per heavy atom. The van der Waals surface area contributed by atoms with Crippen LogP contribution in [0.15, 0.2) is 47.8 Å². The van der Waals surface area contributed by atoms with Crippen LogP contribution in [0.2, 0.25) is 0 Å². The molecule has 1 amide bonds. The van der Waals surface area contributed by atoms with Gasteiger partial charge in [-0.3, -0.25) is 4.79 Å². The Morgan fingerprint density at radius 2 is 1.97 bits per heavy atom. The van der Waals surface area contributed by atoms with Gasteiger partial charge in [0.05, 0.1) is 11.4 Å². The molecule has 29 heavy (non-hydrogen) atoms. The largest absolute Gasteiger partial charge is 0.301 e. The molecule has 1 aliphatic rings. The Morgan fingerprint density at radius 1 is 1.10 bits per heavy atom. The monoisotopic (exact) mass is 438 g/mol. The van der Waals surface area contributed by atoms with Crippen molar-refractivity contribution in [3.05, 3.63) is 53.3 Å². The predicted molar refractivity (Wildman–Crippen MR) is 121 cm³/mol. The van der Waals surface area contributed by atoms with Gasteiger partial charge in [0.1, 0.15) is 16.2 Å². The third kappa shape index (κ3) is 4.05. The van der Waals surface area contributed by atoms with Crippen LogP contribution in [0.4, 0.5) is 5.13 Å². The second kappa shape index (κ2) is 8.22. The predicted octanol–water partition coefficient (Wildman–Crippen LogP) is 5.42. The van der Waals surface area contributed by atoms with E-state index in [4.69, 9.17) is 0 Å². The van der Waals surface area contributed by atoms with Gasteiger partial charge in [-0.25, -0.2) is 15.0 Å². The van der Waals surface area contributed by atoms with Gasteiger partial charge >= 0.3 is 0 Å². The van der Waals surface area contributed by atoms with E-state index in [0.29, 0.717) is 5.75 Å². The lowest BCUT2D eigenvalue weighted by Gasteiger charge is -2.06. The van der Waals surface area contributed by atoms with Crippen LogP contribution >= 0.6 is 34.4 Å². The maximum absolute atomic E-state index is 12.5. The van der Waals surface area contributed by atoms with Crippen molar-refractivity contribution in [3.8, 4) is 10.4 Å². The van der Waals surface area contributed by atoms with E-state index in [2.05, 4.69) is 38.5 Å². The molecule has 0 spiro atoms. The van der Waals surface area contributed by atoms with E-state index in [-0.39, 0.29) is 5.91 Å². The van der Waals surface area contributed by atoms with E-state index in [9.17, 15) is 4.79 Å². The van der Waals surface area contributed by atoms with Crippen LogP contribution in [0.25, 0.3) is 20.7 Å². The topological polar surface area (TPSA) is 67.8 Å². The third-order valence-corrected chi connectivity index (χ3v) is 7.95. The summed E-state index contributed by atoms with van der Waals surface area (Å²) < 4.78 is 0. The highest BCUT2D eigenvalue weighted by Gasteiger charge is 2.17. The standard InChI is InChI=1S/C21H18N4OS3/c26-18(25-21-24-15-8-4-5-9-16(15)29-21)11-27-19-14-10-17(13-6-2-1-3-7-13)28-20(14)23-12-22-19/h1-3,6-7,10,12H,4-5,8-9,11H2,(H,24,25,26). The fraction of sp³-hybridized carbons (Fsp3) is 0.238. The lowest BCUT2D eigenvalue weighted by Crippen LogP contribution is -2.14. The van der Waals surface area contributed by atoms with E-state index < -0.39 is 0 Å². The summed E-state index contributed by atoms with van der Waals surface area (Å²) in [6.45, 7) is 0. The second-order valence-electron chi connectivity index (χ2n) is 6.81. The molecule has 3 heterocycles. The summed E-state index contributed by atoms with van der Waals surface area (Å²) in [6, 6.07) is 12.4. The lowest BCUT2D eigenvalue weighted by molar-refractivity contribution is -0.113. The molecule has 1 aromatic carbocycles. The number of anilines is 1. The first-order chi connectivity index (χ1) is 14.3. The molecule has 0 aliphatic heterocycles. The van der Waals surface area contributed by atoms with Crippen molar-refractivity contribution in [2.24, 2.45) is 0 Å². The molecule has 3 aromatic heterocycles. The van der Waals surface area contributed by atoms with Crippen molar-refractivity contribution in [2.45, 2.75) is 30.7 Å². The lowest BCUT2D eigenvalue weighted by atomic mass is 10.0. The number of nitrogens with one attached hydrogen (secondary N) is 1. The molecule has 0 atom stereocenters. The number of rotatable bonds is 5. The Balaban J connectivity index is 1.29. The maximum atomic E-state index is 12.5. The van der Waals surface area contributed by atoms with Gasteiger partial charge in [0.25, 0.3) is 0 Å². The highest BCUT2D eigenvalue weighted by molar-refractivity contribution is 8.00. The van der Waals surface area contributed by atoms with Gasteiger partial charge in [0.2, 0.25) is 5.91 Å². The van der Waals surface area contributed by atoms with Crippen molar-refractivity contribution >= 4 is 55.7 Å². The zero-order valence-corrected chi connectivity index (χ0v) is 18.0. The van der Waals surface area contributed by atoms with Gasteiger partial charge in [-0.15, -0.1) is 22.7 Å². The summed E-state index contributed by atoms with van der Waals surface area (Å²) in [7, 11) is 0. The number of thiazole rings is 1. The van der Waals surface area contributed by atoms with Gasteiger partial charge in [-0.2, -0.15) is 0 Å². The van der Waals surface area contributed by atoms with E-state index in [1.165, 1.54) is 29.5 Å². The Labute approximate surface area is 180 Å². The normalized spacial score (nSPS) is 13.4. The highest BCUT2D eigenvalue weighted by Crippen LogP contribution is 2.36. The Kier molecular flexibility index (Phi) is 5.30. The molecule has 0 fully saturated rings. The van der Waals surface area contributed by atoms with E-state index in [1.54, 1.807) is 29.0 Å². The number of amides is 1. The zero-order valence-electron chi connectivity index (χ0n) is 15.6. The van der Waals surface area contributed by atoms with E-state index in [1.807, 2.05) is 18.2 Å². The zero-order chi connectivity index (χ0) is 19.6. The molecule has 5 nitrogen and oxygen atoms in total. The molecule has 5 rings (SSSR count). The number of nitrogens with zero attached hydrogens (tertiary/aromatic N) is 3. The van der Waals surface area contributed by atoms with Crippen molar-refractivity contribution < 1.29 is 4.79 Å². The fourth-order valence-corrected chi connectivity index (χ4v) is 6.30. The number of thioether (sulfide) groups is 1. The summed E-state index contributed by atoms with van der Waals surface area (Å²) in [5.41, 5.74) is 2.32. The first-order valence-electron chi connectivity index (χ1n) is 9.47. The van der Waals surface area contributed by atoms with Crippen molar-refractivity contribution in [2.75, 3.05) is 11.1 Å². The van der Waals surface area contributed by atoms with Crippen LogP contribution < -0.4 is 5.32 Å². The number of aryl methyl sites for hydroxylation is 2. The molecular weight excluding hydrogens is 420 g/mol. The second-order valence-corrected chi connectivity index (χ2v) is 9.89. The first kappa shape index (κ1) is 18.7. The molecule has 146 valence electrons. The number of benzene rings is 1. The van der Waals surface area contributed by atoms with Crippen molar-refractivity contribution in [1.29, 1.82) is 0 Å². The number of carbonyl (C=O) groups excluding carboxylic acids is 1. The van der Waals surface area contributed by atoms with Crippen molar-refractivity contribution in [3.63, 3.8) is 0 Å². The molecule has 0 saturated heterocycles. The van der Waals surface area contributed by atoms with Crippen LogP contribution in [-0.4, -0.2) is 26.6 Å². The SMILES string of the molecule is O=C(CSc1ncnc2sc(-c3ccccc3)cc12)Nc1nc2c(s1)CCCC2. The molecule has 4 aromatic rings. The smallest absolute Gasteiger partial charge is 0.236 e. The van der Waals surface area contributed by atoms with E-state index >= 15 is 0 Å². The van der Waals surface area contributed by atoms with Gasteiger partial charge in [0, 0.05) is 15.1 Å². The summed E-state index contributed by atoms with van der Waals surface area (Å²) in [5, 5.41) is 5.51. The maximum Gasteiger partial charge on any atom is 0.236 e. The average Bonchev–Trinajstić information content (AvgIpc) is 3.36. The summed E-state index contributed by atoms with van der Waals surface area (Å²) in [4.78, 5) is 29.3. The highest BCUT2D eigenvalue weighted by atomic mass is 32.2. The van der Waals surface area contributed by atoms with Crippen LogP contribution in [-0.2, 0) is 17.6 Å². The summed E-state index contributed by atoms with van der Waals surface area (Å²) in [5.74, 6) is 0.249. The minimum absolute atomic E-state index is 0.0497. The van der Waals surface area contributed by atoms with E-state index in [0.717, 1.165) is 49.4 Å². The summed E-state index contributed by atoms with van der Waals surface area (Å²) >= 11 is 4.70. The minimum Gasteiger partial charge on any atom is -0.301 e. The summed E-state index contributed by atoms with van der Waals surface area (Å²) in [6.07, 6.45) is 6.08. The quantitative estimate of drug-likeness (QED) is 0.333. The number of aromatic nitrogens is 3. The number of carbonyl (C=O) groups is 1. The van der Waals surface area contributed by atoms with Crippen LogP contribution in [0.3, 0.4) is 0 Å². The van der Waals surface area contributed by atoms with Crippen LogP contribution in [0, 0.1) is 0 Å². The van der Waals surface area contributed by atoms with Crippen molar-refractivity contribution in [1.82, 2.24) is 15.0 Å². The van der Waals surface area contributed by atoms with Gasteiger partial charge in [-0.1, -0.05) is 42.1 Å². The molecule has 0 saturated carbocycles. The number of hydrogen-bond donors (Lipinski definition) is 1.